The molecule has 0 aliphatic rings. The van der Waals surface area contributed by atoms with Crippen molar-refractivity contribution in [1.29, 1.82) is 0 Å². The van der Waals surface area contributed by atoms with E-state index in [2.05, 4.69) is 33.7 Å². The molecule has 1 N–H and O–H groups in total. The third kappa shape index (κ3) is 2.40. The Labute approximate surface area is 150 Å². The van der Waals surface area contributed by atoms with E-state index < -0.39 is 0 Å². The van der Waals surface area contributed by atoms with Gasteiger partial charge >= 0.3 is 0 Å². The van der Waals surface area contributed by atoms with Crippen LogP contribution in [-0.2, 0) is 0 Å². The topological polar surface area (TPSA) is 45.5 Å². The van der Waals surface area contributed by atoms with Crippen LogP contribution in [0.25, 0.3) is 28.1 Å². The average Bonchev–Trinajstić information content (AvgIpc) is 3.24. The van der Waals surface area contributed by atoms with Crippen LogP contribution in [0.4, 0.5) is 5.82 Å². The molecule has 0 atom stereocenters. The van der Waals surface area contributed by atoms with E-state index in [0.717, 1.165) is 39.4 Å². The molecule has 0 fully saturated rings. The Kier molecular flexibility index (Phi) is 3.39. The van der Waals surface area contributed by atoms with Crippen LogP contribution in [0.2, 0.25) is 0 Å². The van der Waals surface area contributed by atoms with Crippen molar-refractivity contribution in [3.8, 4) is 11.3 Å². The summed E-state index contributed by atoms with van der Waals surface area (Å²) in [6, 6.07) is 28.5. The summed E-state index contributed by atoms with van der Waals surface area (Å²) in [4.78, 5) is 13.0. The summed E-state index contributed by atoms with van der Waals surface area (Å²) < 4.78 is 2.08. The van der Waals surface area contributed by atoms with Gasteiger partial charge in [0.25, 0.3) is 0 Å². The SMILES string of the molecule is C(=N\c1c(-c2ccccc2)nc2[nH]c3ccccc3n12)/c1ccccc1. The van der Waals surface area contributed by atoms with Crippen LogP contribution in [0.15, 0.2) is 89.9 Å². The number of rotatable bonds is 3. The summed E-state index contributed by atoms with van der Waals surface area (Å²) in [6.07, 6.45) is 1.89. The van der Waals surface area contributed by atoms with Gasteiger partial charge in [0, 0.05) is 11.8 Å². The van der Waals surface area contributed by atoms with E-state index in [0.29, 0.717) is 0 Å². The molecule has 0 bridgehead atoms. The monoisotopic (exact) mass is 336 g/mol. The first-order chi connectivity index (χ1) is 12.9. The number of nitrogens with one attached hydrogen (secondary N) is 1. The Hall–Kier alpha value is -3.66. The van der Waals surface area contributed by atoms with Crippen LogP contribution < -0.4 is 0 Å². The fourth-order valence-electron chi connectivity index (χ4n) is 3.20. The molecule has 0 radical (unpaired) electrons. The summed E-state index contributed by atoms with van der Waals surface area (Å²) in [5, 5.41) is 0. The van der Waals surface area contributed by atoms with Gasteiger partial charge in [0.05, 0.1) is 11.0 Å². The minimum absolute atomic E-state index is 0.797. The van der Waals surface area contributed by atoms with E-state index in [4.69, 9.17) is 9.98 Å². The van der Waals surface area contributed by atoms with Gasteiger partial charge in [-0.1, -0.05) is 72.8 Å². The number of aliphatic imine (C=N–C) groups is 1. The number of fused-ring (bicyclic) bond motifs is 3. The molecule has 3 aromatic carbocycles. The Morgan fingerprint density at radius 1 is 0.808 bits per heavy atom. The van der Waals surface area contributed by atoms with Gasteiger partial charge in [0.15, 0.2) is 5.82 Å². The minimum Gasteiger partial charge on any atom is -0.323 e. The van der Waals surface area contributed by atoms with Crippen LogP contribution in [0, 0.1) is 0 Å². The molecule has 0 amide bonds. The molecule has 0 saturated carbocycles. The highest BCUT2D eigenvalue weighted by Gasteiger charge is 2.16. The van der Waals surface area contributed by atoms with Gasteiger partial charge in [-0.15, -0.1) is 0 Å². The summed E-state index contributed by atoms with van der Waals surface area (Å²) >= 11 is 0. The fraction of sp³-hybridized carbons (Fsp3) is 0. The van der Waals surface area contributed by atoms with Gasteiger partial charge in [0.2, 0.25) is 5.78 Å². The summed E-state index contributed by atoms with van der Waals surface area (Å²) in [5.74, 6) is 1.62. The lowest BCUT2D eigenvalue weighted by atomic mass is 10.1. The number of nitrogens with zero attached hydrogens (tertiary/aromatic N) is 3. The molecule has 0 unspecified atom stereocenters. The summed E-state index contributed by atoms with van der Waals surface area (Å²) in [6.45, 7) is 0. The second-order valence-electron chi connectivity index (χ2n) is 6.12. The van der Waals surface area contributed by atoms with Crippen LogP contribution >= 0.6 is 0 Å². The second-order valence-corrected chi connectivity index (χ2v) is 6.12. The second kappa shape index (κ2) is 6.01. The number of hydrogen-bond acceptors (Lipinski definition) is 2. The highest BCUT2D eigenvalue weighted by molar-refractivity contribution is 5.89. The zero-order chi connectivity index (χ0) is 17.3. The first-order valence-electron chi connectivity index (χ1n) is 8.54. The van der Waals surface area contributed by atoms with Crippen molar-refractivity contribution < 1.29 is 0 Å². The number of imidazole rings is 2. The number of aromatic nitrogens is 3. The quantitative estimate of drug-likeness (QED) is 0.450. The minimum atomic E-state index is 0.797. The molecule has 0 spiro atoms. The third-order valence-corrected chi connectivity index (χ3v) is 4.43. The van der Waals surface area contributed by atoms with Crippen molar-refractivity contribution in [3.05, 3.63) is 90.5 Å². The van der Waals surface area contributed by atoms with E-state index >= 15 is 0 Å². The van der Waals surface area contributed by atoms with Crippen molar-refractivity contribution in [3.63, 3.8) is 0 Å². The number of para-hydroxylation sites is 2. The van der Waals surface area contributed by atoms with E-state index in [9.17, 15) is 0 Å². The Morgan fingerprint density at radius 2 is 1.50 bits per heavy atom. The largest absolute Gasteiger partial charge is 0.323 e. The number of aromatic amines is 1. The predicted molar refractivity (Wildman–Crippen MR) is 106 cm³/mol. The van der Waals surface area contributed by atoms with E-state index in [1.807, 2.05) is 66.9 Å². The van der Waals surface area contributed by atoms with Gasteiger partial charge < -0.3 is 4.98 Å². The third-order valence-electron chi connectivity index (χ3n) is 4.43. The molecule has 0 aliphatic heterocycles. The van der Waals surface area contributed by atoms with Gasteiger partial charge in [-0.05, 0) is 17.7 Å². The van der Waals surface area contributed by atoms with Crippen molar-refractivity contribution in [1.82, 2.24) is 14.4 Å². The summed E-state index contributed by atoms with van der Waals surface area (Å²) in [7, 11) is 0. The lowest BCUT2D eigenvalue weighted by Gasteiger charge is -2.01. The Bertz CT molecular complexity index is 1210. The van der Waals surface area contributed by atoms with Crippen LogP contribution in [0.5, 0.6) is 0 Å². The maximum Gasteiger partial charge on any atom is 0.214 e. The van der Waals surface area contributed by atoms with Crippen molar-refractivity contribution in [2.45, 2.75) is 0 Å². The number of H-pyrrole nitrogens is 1. The average molecular weight is 336 g/mol. The van der Waals surface area contributed by atoms with Crippen molar-refractivity contribution in [2.24, 2.45) is 4.99 Å². The highest BCUT2D eigenvalue weighted by Crippen LogP contribution is 2.33. The van der Waals surface area contributed by atoms with Crippen LogP contribution in [0.1, 0.15) is 5.56 Å². The van der Waals surface area contributed by atoms with Gasteiger partial charge in [-0.25, -0.2) is 9.98 Å². The lowest BCUT2D eigenvalue weighted by molar-refractivity contribution is 1.22. The molecular weight excluding hydrogens is 320 g/mol. The standard InChI is InChI=1S/C22H16N4/c1-3-9-16(10-4-1)15-23-21-20(17-11-5-2-6-12-17)25-22-24-18-13-7-8-14-19(18)26(21)22/h1-15H,(H,24,25)/b23-15+. The van der Waals surface area contributed by atoms with Crippen LogP contribution in [0.3, 0.4) is 0 Å². The Balaban J connectivity index is 1.78. The molecule has 2 heterocycles. The fourth-order valence-corrected chi connectivity index (χ4v) is 3.20. The summed E-state index contributed by atoms with van der Waals surface area (Å²) in [5.41, 5.74) is 5.09. The molecule has 0 aliphatic carbocycles. The predicted octanol–water partition coefficient (Wildman–Crippen LogP) is 5.23. The molecule has 0 saturated heterocycles. The first kappa shape index (κ1) is 14.7. The van der Waals surface area contributed by atoms with E-state index in [1.165, 1.54) is 0 Å². The normalized spacial score (nSPS) is 11.7. The van der Waals surface area contributed by atoms with Gasteiger partial charge in [-0.2, -0.15) is 0 Å². The molecule has 4 heteroatoms. The highest BCUT2D eigenvalue weighted by atomic mass is 15.2. The molecule has 4 nitrogen and oxygen atoms in total. The Morgan fingerprint density at radius 3 is 2.31 bits per heavy atom. The van der Waals surface area contributed by atoms with Crippen molar-refractivity contribution >= 4 is 28.8 Å². The maximum absolute atomic E-state index is 4.83. The van der Waals surface area contributed by atoms with E-state index in [1.54, 1.807) is 0 Å². The van der Waals surface area contributed by atoms with E-state index in [-0.39, 0.29) is 0 Å². The van der Waals surface area contributed by atoms with Gasteiger partial charge in [0.1, 0.15) is 5.69 Å². The molecule has 26 heavy (non-hydrogen) atoms. The molecule has 5 aromatic rings. The first-order valence-corrected chi connectivity index (χ1v) is 8.54. The van der Waals surface area contributed by atoms with Crippen LogP contribution in [-0.4, -0.2) is 20.6 Å². The number of benzene rings is 3. The molecular formula is C22H16N4. The van der Waals surface area contributed by atoms with Crippen molar-refractivity contribution in [2.75, 3.05) is 0 Å². The van der Waals surface area contributed by atoms with Gasteiger partial charge in [-0.3, -0.25) is 4.40 Å². The maximum atomic E-state index is 4.83. The zero-order valence-electron chi connectivity index (χ0n) is 14.0. The smallest absolute Gasteiger partial charge is 0.214 e. The molecule has 2 aromatic heterocycles. The molecule has 5 rings (SSSR count). The molecule has 124 valence electrons. The zero-order valence-corrected chi connectivity index (χ0v) is 14.0. The lowest BCUT2D eigenvalue weighted by Crippen LogP contribution is -1.84. The number of hydrogen-bond donors (Lipinski definition) is 1.